The molecule has 4 nitrogen and oxygen atoms in total. The summed E-state index contributed by atoms with van der Waals surface area (Å²) < 4.78 is 24.2. The molecule has 0 fully saturated rings. The van der Waals surface area contributed by atoms with Crippen molar-refractivity contribution in [1.82, 2.24) is 0 Å². The molecule has 0 N–H and O–H groups in total. The molecule has 2 aromatic rings. The normalized spacial score (nSPS) is 11.1. The van der Waals surface area contributed by atoms with Gasteiger partial charge in [0.05, 0.1) is 7.11 Å². The summed E-state index contributed by atoms with van der Waals surface area (Å²) >= 11 is 0. The van der Waals surface area contributed by atoms with Crippen LogP contribution in [0, 0.1) is 11.2 Å². The molecule has 5 heteroatoms. The maximum Gasteiger partial charge on any atom is 0.232 e. The molecule has 2 aromatic carbocycles. The van der Waals surface area contributed by atoms with Crippen molar-refractivity contribution in [2.75, 3.05) is 19.1 Å². The van der Waals surface area contributed by atoms with Crippen molar-refractivity contribution in [2.24, 2.45) is 5.41 Å². The third-order valence-corrected chi connectivity index (χ3v) is 3.79. The third-order valence-electron chi connectivity index (χ3n) is 3.79. The first-order chi connectivity index (χ1) is 11.7. The predicted octanol–water partition coefficient (Wildman–Crippen LogP) is 4.42. The van der Waals surface area contributed by atoms with E-state index in [0.717, 1.165) is 5.69 Å². The van der Waals surface area contributed by atoms with Crippen LogP contribution in [0.15, 0.2) is 42.5 Å². The van der Waals surface area contributed by atoms with Crippen LogP contribution >= 0.6 is 0 Å². The van der Waals surface area contributed by atoms with Gasteiger partial charge in [0.15, 0.2) is 11.6 Å². The Labute approximate surface area is 148 Å². The minimum Gasteiger partial charge on any atom is -0.494 e. The Morgan fingerprint density at radius 3 is 2.28 bits per heavy atom. The fourth-order valence-corrected chi connectivity index (χ4v) is 2.35. The molecular weight excluding hydrogens is 321 g/mol. The van der Waals surface area contributed by atoms with Gasteiger partial charge in [-0.2, -0.15) is 0 Å². The Morgan fingerprint density at radius 1 is 1.12 bits per heavy atom. The quantitative estimate of drug-likeness (QED) is 0.805. The molecule has 0 aromatic heterocycles. The lowest BCUT2D eigenvalue weighted by atomic mass is 9.95. The number of nitrogens with zero attached hydrogens (tertiary/aromatic N) is 1. The monoisotopic (exact) mass is 345 g/mol. The average molecular weight is 345 g/mol. The molecule has 0 saturated carbocycles. The SMILES string of the molecule is COc1ccc(COc2ccc(N(C)C(=O)C(C)(C)C)cc2)cc1F. The number of methoxy groups -OCH3 is 1. The van der Waals surface area contributed by atoms with Gasteiger partial charge in [0.2, 0.25) is 5.91 Å². The van der Waals surface area contributed by atoms with Crippen LogP contribution < -0.4 is 14.4 Å². The fourth-order valence-electron chi connectivity index (χ4n) is 2.35. The number of carbonyl (C=O) groups is 1. The minimum absolute atomic E-state index is 0.0369. The van der Waals surface area contributed by atoms with Crippen LogP contribution in [0.5, 0.6) is 11.5 Å². The second-order valence-corrected chi connectivity index (χ2v) is 6.87. The molecule has 0 radical (unpaired) electrons. The molecule has 0 aliphatic rings. The Balaban J connectivity index is 2.01. The van der Waals surface area contributed by atoms with Gasteiger partial charge in [0.1, 0.15) is 12.4 Å². The largest absolute Gasteiger partial charge is 0.494 e. The molecule has 0 unspecified atom stereocenters. The summed E-state index contributed by atoms with van der Waals surface area (Å²) in [6.45, 7) is 5.91. The van der Waals surface area contributed by atoms with Crippen molar-refractivity contribution in [3.63, 3.8) is 0 Å². The van der Waals surface area contributed by atoms with E-state index in [1.165, 1.54) is 13.2 Å². The summed E-state index contributed by atoms with van der Waals surface area (Å²) in [5.74, 6) is 0.479. The van der Waals surface area contributed by atoms with Crippen molar-refractivity contribution in [1.29, 1.82) is 0 Å². The number of rotatable bonds is 5. The predicted molar refractivity (Wildman–Crippen MR) is 96.6 cm³/mol. The summed E-state index contributed by atoms with van der Waals surface area (Å²) in [7, 11) is 3.18. The molecule has 25 heavy (non-hydrogen) atoms. The molecule has 2 rings (SSSR count). The molecule has 0 bridgehead atoms. The first-order valence-electron chi connectivity index (χ1n) is 8.06. The summed E-state index contributed by atoms with van der Waals surface area (Å²) in [5, 5.41) is 0. The van der Waals surface area contributed by atoms with E-state index < -0.39 is 11.2 Å². The number of hydrogen-bond acceptors (Lipinski definition) is 3. The van der Waals surface area contributed by atoms with Gasteiger partial charge in [-0.05, 0) is 42.0 Å². The lowest BCUT2D eigenvalue weighted by Crippen LogP contribution is -2.36. The van der Waals surface area contributed by atoms with E-state index in [-0.39, 0.29) is 18.3 Å². The second kappa shape index (κ2) is 7.55. The number of halogens is 1. The lowest BCUT2D eigenvalue weighted by Gasteiger charge is -2.26. The van der Waals surface area contributed by atoms with Gasteiger partial charge in [0, 0.05) is 18.2 Å². The average Bonchev–Trinajstić information content (AvgIpc) is 2.58. The van der Waals surface area contributed by atoms with Crippen molar-refractivity contribution in [3.05, 3.63) is 53.8 Å². The maximum absolute atomic E-state index is 13.7. The molecule has 0 spiro atoms. The Hall–Kier alpha value is -2.56. The lowest BCUT2D eigenvalue weighted by molar-refractivity contribution is -0.125. The van der Waals surface area contributed by atoms with Gasteiger partial charge in [-0.3, -0.25) is 4.79 Å². The van der Waals surface area contributed by atoms with Crippen LogP contribution in [0.3, 0.4) is 0 Å². The van der Waals surface area contributed by atoms with Gasteiger partial charge >= 0.3 is 0 Å². The zero-order valence-corrected chi connectivity index (χ0v) is 15.3. The van der Waals surface area contributed by atoms with Crippen LogP contribution in [0.4, 0.5) is 10.1 Å². The van der Waals surface area contributed by atoms with Crippen molar-refractivity contribution in [3.8, 4) is 11.5 Å². The number of anilines is 1. The standard InChI is InChI=1S/C20H24FNO3/c1-20(2,3)19(23)22(4)15-7-9-16(10-8-15)25-13-14-6-11-18(24-5)17(21)12-14/h6-12H,13H2,1-5H3. The van der Waals surface area contributed by atoms with E-state index in [9.17, 15) is 9.18 Å². The van der Waals surface area contributed by atoms with E-state index in [1.807, 2.05) is 32.9 Å². The molecule has 0 atom stereocenters. The smallest absolute Gasteiger partial charge is 0.232 e. The zero-order valence-electron chi connectivity index (χ0n) is 15.3. The molecule has 0 saturated heterocycles. The first kappa shape index (κ1) is 18.8. The summed E-state index contributed by atoms with van der Waals surface area (Å²) in [6.07, 6.45) is 0. The van der Waals surface area contributed by atoms with Crippen molar-refractivity contribution >= 4 is 11.6 Å². The molecule has 0 aliphatic carbocycles. The number of amides is 1. The highest BCUT2D eigenvalue weighted by Gasteiger charge is 2.25. The van der Waals surface area contributed by atoms with Gasteiger partial charge in [0.25, 0.3) is 0 Å². The number of hydrogen-bond donors (Lipinski definition) is 0. The summed E-state index contributed by atoms with van der Waals surface area (Å²) in [6, 6.07) is 12.0. The van der Waals surface area contributed by atoms with Crippen LogP contribution in [0.1, 0.15) is 26.3 Å². The molecule has 0 aliphatic heterocycles. The Kier molecular flexibility index (Phi) is 5.67. The summed E-state index contributed by atoms with van der Waals surface area (Å²) in [5.41, 5.74) is 1.06. The fraction of sp³-hybridized carbons (Fsp3) is 0.350. The Morgan fingerprint density at radius 2 is 1.76 bits per heavy atom. The first-order valence-corrected chi connectivity index (χ1v) is 8.06. The highest BCUT2D eigenvalue weighted by Crippen LogP contribution is 2.25. The third kappa shape index (κ3) is 4.72. The van der Waals surface area contributed by atoms with Gasteiger partial charge in [-0.15, -0.1) is 0 Å². The van der Waals surface area contributed by atoms with E-state index >= 15 is 0 Å². The van der Waals surface area contributed by atoms with Crippen LogP contribution in [0.2, 0.25) is 0 Å². The minimum atomic E-state index is -0.442. The van der Waals surface area contributed by atoms with Crippen molar-refractivity contribution in [2.45, 2.75) is 27.4 Å². The Bertz CT molecular complexity index is 736. The highest BCUT2D eigenvalue weighted by molar-refractivity contribution is 5.96. The van der Waals surface area contributed by atoms with Crippen molar-refractivity contribution < 1.29 is 18.7 Å². The highest BCUT2D eigenvalue weighted by atomic mass is 19.1. The summed E-state index contributed by atoms with van der Waals surface area (Å²) in [4.78, 5) is 13.9. The van der Waals surface area contributed by atoms with Gasteiger partial charge < -0.3 is 14.4 Å². The van der Waals surface area contributed by atoms with Crippen LogP contribution in [0.25, 0.3) is 0 Å². The van der Waals surface area contributed by atoms with E-state index in [0.29, 0.717) is 11.3 Å². The molecule has 0 heterocycles. The van der Waals surface area contributed by atoms with E-state index in [4.69, 9.17) is 9.47 Å². The maximum atomic E-state index is 13.7. The van der Waals surface area contributed by atoms with Crippen LogP contribution in [-0.4, -0.2) is 20.1 Å². The zero-order chi connectivity index (χ0) is 18.6. The number of carbonyl (C=O) groups excluding carboxylic acids is 1. The number of ether oxygens (including phenoxy) is 2. The second-order valence-electron chi connectivity index (χ2n) is 6.87. The van der Waals surface area contributed by atoms with E-state index in [1.54, 1.807) is 36.2 Å². The van der Waals surface area contributed by atoms with E-state index in [2.05, 4.69) is 0 Å². The topological polar surface area (TPSA) is 38.8 Å². The number of benzene rings is 2. The van der Waals surface area contributed by atoms with Gasteiger partial charge in [-0.25, -0.2) is 4.39 Å². The van der Waals surface area contributed by atoms with Crippen LogP contribution in [-0.2, 0) is 11.4 Å². The molecule has 1 amide bonds. The molecule has 134 valence electrons. The van der Waals surface area contributed by atoms with Gasteiger partial charge in [-0.1, -0.05) is 26.8 Å². The molecular formula is C20H24FNO3.